The van der Waals surface area contributed by atoms with E-state index in [4.69, 9.17) is 9.47 Å². The van der Waals surface area contributed by atoms with Crippen molar-refractivity contribution in [1.82, 2.24) is 15.5 Å². The molecular formula is C14H13F2N3O2. The van der Waals surface area contributed by atoms with Crippen molar-refractivity contribution in [3.63, 3.8) is 0 Å². The molecule has 110 valence electrons. The largest absolute Gasteiger partial charge is 0.437 e. The molecular weight excluding hydrogens is 280 g/mol. The minimum absolute atomic E-state index is 0.126. The maximum Gasteiger partial charge on any atom is 0.238 e. The molecule has 1 atom stereocenters. The van der Waals surface area contributed by atoms with E-state index in [1.807, 2.05) is 0 Å². The van der Waals surface area contributed by atoms with Gasteiger partial charge in [-0.2, -0.15) is 5.10 Å². The number of nitrogens with zero attached hydrogens (tertiary/aromatic N) is 2. The second-order valence-electron chi connectivity index (χ2n) is 4.54. The average molecular weight is 293 g/mol. The molecule has 1 N–H and O–H groups in total. The number of hydrogen-bond acceptors (Lipinski definition) is 5. The summed E-state index contributed by atoms with van der Waals surface area (Å²) in [7, 11) is 0. The first-order valence-electron chi connectivity index (χ1n) is 6.51. The van der Waals surface area contributed by atoms with E-state index in [-0.39, 0.29) is 17.2 Å². The van der Waals surface area contributed by atoms with E-state index in [0.717, 1.165) is 6.07 Å². The molecule has 1 fully saturated rings. The van der Waals surface area contributed by atoms with Crippen molar-refractivity contribution < 1.29 is 18.3 Å². The summed E-state index contributed by atoms with van der Waals surface area (Å²) < 4.78 is 38.5. The van der Waals surface area contributed by atoms with Crippen molar-refractivity contribution >= 4 is 0 Å². The standard InChI is InChI=1S/C14H13F2N3O2/c15-11-7-9(21-13-2-1-3-18-19-13)6-10(14(11)16)12-8-17-4-5-20-12/h1-3,6-7,12,17H,4-5,8H2. The van der Waals surface area contributed by atoms with Gasteiger partial charge in [0.25, 0.3) is 0 Å². The Labute approximate surface area is 119 Å². The second-order valence-corrected chi connectivity index (χ2v) is 4.54. The van der Waals surface area contributed by atoms with E-state index in [1.54, 1.807) is 12.1 Å². The smallest absolute Gasteiger partial charge is 0.238 e. The van der Waals surface area contributed by atoms with Gasteiger partial charge in [-0.25, -0.2) is 8.78 Å². The van der Waals surface area contributed by atoms with Gasteiger partial charge in [0.1, 0.15) is 5.75 Å². The summed E-state index contributed by atoms with van der Waals surface area (Å²) in [4.78, 5) is 0. The van der Waals surface area contributed by atoms with Crippen LogP contribution in [0.1, 0.15) is 11.7 Å². The van der Waals surface area contributed by atoms with Gasteiger partial charge < -0.3 is 14.8 Å². The van der Waals surface area contributed by atoms with Crippen LogP contribution in [0.25, 0.3) is 0 Å². The predicted octanol–water partition coefficient (Wildman–Crippen LogP) is 2.21. The molecule has 7 heteroatoms. The summed E-state index contributed by atoms with van der Waals surface area (Å²) in [5, 5.41) is 10.5. The van der Waals surface area contributed by atoms with Crippen LogP contribution in [0.5, 0.6) is 11.6 Å². The van der Waals surface area contributed by atoms with E-state index in [9.17, 15) is 8.78 Å². The Morgan fingerprint density at radius 1 is 1.33 bits per heavy atom. The summed E-state index contributed by atoms with van der Waals surface area (Å²) >= 11 is 0. The Kier molecular flexibility index (Phi) is 4.03. The quantitative estimate of drug-likeness (QED) is 0.940. The summed E-state index contributed by atoms with van der Waals surface area (Å²) in [6.07, 6.45) is 0.948. The summed E-state index contributed by atoms with van der Waals surface area (Å²) in [5.74, 6) is -1.55. The molecule has 0 radical (unpaired) electrons. The van der Waals surface area contributed by atoms with E-state index in [1.165, 1.54) is 12.3 Å². The Bertz CT molecular complexity index is 619. The highest BCUT2D eigenvalue weighted by molar-refractivity contribution is 5.35. The topological polar surface area (TPSA) is 56.3 Å². The zero-order valence-electron chi connectivity index (χ0n) is 11.1. The highest BCUT2D eigenvalue weighted by atomic mass is 19.2. The van der Waals surface area contributed by atoms with Crippen molar-refractivity contribution in [2.75, 3.05) is 19.7 Å². The van der Waals surface area contributed by atoms with Crippen LogP contribution < -0.4 is 10.1 Å². The second kappa shape index (κ2) is 6.11. The Balaban J connectivity index is 1.89. The molecule has 1 unspecified atom stereocenters. The van der Waals surface area contributed by atoms with Crippen LogP contribution in [0.2, 0.25) is 0 Å². The minimum atomic E-state index is -0.986. The van der Waals surface area contributed by atoms with Crippen LogP contribution in [-0.2, 0) is 4.74 Å². The van der Waals surface area contributed by atoms with Gasteiger partial charge in [-0.1, -0.05) is 0 Å². The third kappa shape index (κ3) is 3.14. The van der Waals surface area contributed by atoms with Crippen molar-refractivity contribution in [2.24, 2.45) is 0 Å². The zero-order valence-corrected chi connectivity index (χ0v) is 11.1. The Morgan fingerprint density at radius 2 is 2.24 bits per heavy atom. The SMILES string of the molecule is Fc1cc(Oc2cccnn2)cc(C2CNCCO2)c1F. The number of morpholine rings is 1. The van der Waals surface area contributed by atoms with Gasteiger partial charge in [-0.05, 0) is 12.1 Å². The van der Waals surface area contributed by atoms with Crippen molar-refractivity contribution in [3.05, 3.63) is 47.7 Å². The van der Waals surface area contributed by atoms with Crippen LogP contribution in [-0.4, -0.2) is 29.9 Å². The van der Waals surface area contributed by atoms with E-state index >= 15 is 0 Å². The molecule has 3 rings (SSSR count). The predicted molar refractivity (Wildman–Crippen MR) is 70.0 cm³/mol. The number of rotatable bonds is 3. The van der Waals surface area contributed by atoms with E-state index in [0.29, 0.717) is 19.7 Å². The number of hydrogen-bond donors (Lipinski definition) is 1. The van der Waals surface area contributed by atoms with Crippen LogP contribution in [0.4, 0.5) is 8.78 Å². The molecule has 5 nitrogen and oxygen atoms in total. The zero-order chi connectivity index (χ0) is 14.7. The molecule has 2 aromatic rings. The number of benzene rings is 1. The van der Waals surface area contributed by atoms with Gasteiger partial charge in [0.05, 0.1) is 12.7 Å². The number of aromatic nitrogens is 2. The fourth-order valence-electron chi connectivity index (χ4n) is 2.11. The molecule has 2 heterocycles. The van der Waals surface area contributed by atoms with E-state index < -0.39 is 17.7 Å². The third-order valence-corrected chi connectivity index (χ3v) is 3.07. The average Bonchev–Trinajstić information content (AvgIpc) is 2.52. The normalized spacial score (nSPS) is 18.5. The summed E-state index contributed by atoms with van der Waals surface area (Å²) in [5.41, 5.74) is 0.126. The van der Waals surface area contributed by atoms with Crippen LogP contribution in [0.15, 0.2) is 30.5 Å². The van der Waals surface area contributed by atoms with Crippen molar-refractivity contribution in [3.8, 4) is 11.6 Å². The van der Waals surface area contributed by atoms with Crippen LogP contribution in [0, 0.1) is 11.6 Å². The summed E-state index contributed by atoms with van der Waals surface area (Å²) in [6.45, 7) is 1.56. The van der Waals surface area contributed by atoms with Crippen LogP contribution >= 0.6 is 0 Å². The first-order chi connectivity index (χ1) is 10.2. The van der Waals surface area contributed by atoms with Gasteiger partial charge >= 0.3 is 0 Å². The molecule has 21 heavy (non-hydrogen) atoms. The highest BCUT2D eigenvalue weighted by Crippen LogP contribution is 2.30. The number of ether oxygens (including phenoxy) is 2. The lowest BCUT2D eigenvalue weighted by Crippen LogP contribution is -2.33. The number of nitrogens with one attached hydrogen (secondary N) is 1. The first kappa shape index (κ1) is 13.8. The molecule has 0 spiro atoms. The lowest BCUT2D eigenvalue weighted by molar-refractivity contribution is 0.0250. The fourth-order valence-corrected chi connectivity index (χ4v) is 2.11. The van der Waals surface area contributed by atoms with Gasteiger partial charge in [0.15, 0.2) is 11.6 Å². The van der Waals surface area contributed by atoms with Crippen molar-refractivity contribution in [2.45, 2.75) is 6.10 Å². The van der Waals surface area contributed by atoms with Gasteiger partial charge in [-0.15, -0.1) is 5.10 Å². The molecule has 1 aromatic heterocycles. The van der Waals surface area contributed by atoms with Gasteiger partial charge in [0.2, 0.25) is 5.88 Å². The number of halogens is 2. The molecule has 0 saturated carbocycles. The monoisotopic (exact) mass is 293 g/mol. The molecule has 1 aliphatic heterocycles. The lowest BCUT2D eigenvalue weighted by Gasteiger charge is -2.24. The fraction of sp³-hybridized carbons (Fsp3) is 0.286. The lowest BCUT2D eigenvalue weighted by atomic mass is 10.1. The molecule has 1 aromatic carbocycles. The molecule has 0 bridgehead atoms. The third-order valence-electron chi connectivity index (χ3n) is 3.07. The first-order valence-corrected chi connectivity index (χ1v) is 6.51. The maximum absolute atomic E-state index is 13.9. The van der Waals surface area contributed by atoms with Gasteiger partial charge in [0, 0.05) is 37.0 Å². The van der Waals surface area contributed by atoms with Crippen LogP contribution in [0.3, 0.4) is 0 Å². The molecule has 0 amide bonds. The molecule has 1 aliphatic rings. The summed E-state index contributed by atoms with van der Waals surface area (Å²) in [6, 6.07) is 5.61. The molecule has 0 aliphatic carbocycles. The Hall–Kier alpha value is -2.12. The van der Waals surface area contributed by atoms with E-state index in [2.05, 4.69) is 15.5 Å². The van der Waals surface area contributed by atoms with Gasteiger partial charge in [-0.3, -0.25) is 0 Å². The van der Waals surface area contributed by atoms with Crippen molar-refractivity contribution in [1.29, 1.82) is 0 Å². The molecule has 1 saturated heterocycles. The highest BCUT2D eigenvalue weighted by Gasteiger charge is 2.23. The minimum Gasteiger partial charge on any atom is -0.437 e. The maximum atomic E-state index is 13.9. The Morgan fingerprint density at radius 3 is 2.95 bits per heavy atom.